The number of pyridine rings is 1. The Morgan fingerprint density at radius 1 is 1.19 bits per heavy atom. The van der Waals surface area contributed by atoms with Gasteiger partial charge in [0, 0.05) is 31.4 Å². The number of aromatic nitrogens is 1. The lowest BCUT2D eigenvalue weighted by Gasteiger charge is -2.14. The highest BCUT2D eigenvalue weighted by molar-refractivity contribution is 6.32. The Morgan fingerprint density at radius 3 is 2.76 bits per heavy atom. The topological polar surface area (TPSA) is 54.4 Å². The number of nitrogens with one attached hydrogen (secondary N) is 1. The van der Waals surface area contributed by atoms with Gasteiger partial charge in [0.25, 0.3) is 0 Å². The fourth-order valence-electron chi connectivity index (χ4n) is 1.84. The Hall–Kier alpha value is -1.62. The van der Waals surface area contributed by atoms with Gasteiger partial charge in [-0.1, -0.05) is 29.8 Å². The van der Waals surface area contributed by atoms with E-state index in [1.807, 2.05) is 30.3 Å². The number of hydrogen-bond donors (Lipinski definition) is 2. The Morgan fingerprint density at radius 2 is 2.00 bits per heavy atom. The third kappa shape index (κ3) is 5.71. The molecule has 0 aliphatic rings. The number of para-hydroxylation sites is 1. The van der Waals surface area contributed by atoms with E-state index in [0.717, 1.165) is 18.7 Å². The third-order valence-corrected chi connectivity index (χ3v) is 3.24. The van der Waals surface area contributed by atoms with Crippen LogP contribution in [0.15, 0.2) is 48.7 Å². The van der Waals surface area contributed by atoms with Crippen LogP contribution in [0.5, 0.6) is 5.75 Å². The second-order valence-electron chi connectivity index (χ2n) is 4.67. The van der Waals surface area contributed by atoms with Gasteiger partial charge in [-0.15, -0.1) is 0 Å². The molecule has 0 fully saturated rings. The molecule has 21 heavy (non-hydrogen) atoms. The van der Waals surface area contributed by atoms with Crippen LogP contribution in [0.1, 0.15) is 5.69 Å². The molecule has 1 aromatic heterocycles. The lowest BCUT2D eigenvalue weighted by atomic mass is 10.2. The van der Waals surface area contributed by atoms with Gasteiger partial charge in [-0.2, -0.15) is 0 Å². The van der Waals surface area contributed by atoms with Gasteiger partial charge in [0.2, 0.25) is 0 Å². The molecule has 0 amide bonds. The summed E-state index contributed by atoms with van der Waals surface area (Å²) in [6.45, 7) is 1.44. The fraction of sp³-hybridized carbons (Fsp3) is 0.312. The number of aliphatic hydroxyl groups is 1. The molecule has 2 aromatic rings. The highest BCUT2D eigenvalue weighted by atomic mass is 35.5. The van der Waals surface area contributed by atoms with Crippen LogP contribution in [-0.4, -0.2) is 35.9 Å². The molecule has 1 aromatic carbocycles. The van der Waals surface area contributed by atoms with E-state index in [1.54, 1.807) is 18.3 Å². The number of rotatable bonds is 8. The summed E-state index contributed by atoms with van der Waals surface area (Å²) in [7, 11) is 0. The van der Waals surface area contributed by atoms with Gasteiger partial charge in [0.15, 0.2) is 0 Å². The molecule has 0 saturated carbocycles. The molecule has 0 radical (unpaired) electrons. The maximum absolute atomic E-state index is 9.85. The smallest absolute Gasteiger partial charge is 0.138 e. The summed E-state index contributed by atoms with van der Waals surface area (Å²) in [5.74, 6) is 0.590. The van der Waals surface area contributed by atoms with Crippen molar-refractivity contribution in [3.8, 4) is 5.75 Å². The third-order valence-electron chi connectivity index (χ3n) is 2.93. The molecule has 0 bridgehead atoms. The number of hydrogen-bond acceptors (Lipinski definition) is 4. The molecule has 0 saturated heterocycles. The minimum atomic E-state index is -0.579. The summed E-state index contributed by atoms with van der Waals surface area (Å²) in [5, 5.41) is 13.6. The van der Waals surface area contributed by atoms with Crippen LogP contribution in [0.25, 0.3) is 0 Å². The molecule has 1 atom stereocenters. The van der Waals surface area contributed by atoms with E-state index >= 15 is 0 Å². The molecule has 1 unspecified atom stereocenters. The maximum atomic E-state index is 9.85. The molecular weight excluding hydrogens is 288 g/mol. The summed E-state index contributed by atoms with van der Waals surface area (Å²) in [5.41, 5.74) is 1.03. The normalized spacial score (nSPS) is 12.1. The average molecular weight is 307 g/mol. The van der Waals surface area contributed by atoms with Crippen LogP contribution in [0.3, 0.4) is 0 Å². The van der Waals surface area contributed by atoms with Crippen molar-refractivity contribution in [1.29, 1.82) is 0 Å². The van der Waals surface area contributed by atoms with Crippen molar-refractivity contribution in [2.45, 2.75) is 12.5 Å². The lowest BCUT2D eigenvalue weighted by Crippen LogP contribution is -2.32. The Balaban J connectivity index is 1.62. The van der Waals surface area contributed by atoms with E-state index in [4.69, 9.17) is 16.3 Å². The van der Waals surface area contributed by atoms with Crippen LogP contribution >= 0.6 is 11.6 Å². The Labute approximate surface area is 129 Å². The van der Waals surface area contributed by atoms with Crippen molar-refractivity contribution in [1.82, 2.24) is 10.3 Å². The van der Waals surface area contributed by atoms with Crippen LogP contribution in [-0.2, 0) is 6.42 Å². The van der Waals surface area contributed by atoms with Crippen LogP contribution in [0.4, 0.5) is 0 Å². The van der Waals surface area contributed by atoms with Crippen LogP contribution in [0, 0.1) is 0 Å². The number of aliphatic hydroxyl groups excluding tert-OH is 1. The molecule has 0 aliphatic heterocycles. The summed E-state index contributed by atoms with van der Waals surface area (Å²) in [4.78, 5) is 4.24. The van der Waals surface area contributed by atoms with E-state index in [-0.39, 0.29) is 6.61 Å². The molecule has 1 heterocycles. The monoisotopic (exact) mass is 306 g/mol. The van der Waals surface area contributed by atoms with Gasteiger partial charge in [-0.25, -0.2) is 0 Å². The maximum Gasteiger partial charge on any atom is 0.138 e. The predicted octanol–water partition coefficient (Wildman–Crippen LogP) is 2.31. The average Bonchev–Trinajstić information content (AvgIpc) is 2.52. The highest BCUT2D eigenvalue weighted by Gasteiger charge is 2.06. The van der Waals surface area contributed by atoms with Crippen molar-refractivity contribution in [2.24, 2.45) is 0 Å². The number of ether oxygens (including phenoxy) is 1. The van der Waals surface area contributed by atoms with Crippen LogP contribution < -0.4 is 10.1 Å². The van der Waals surface area contributed by atoms with E-state index in [1.165, 1.54) is 0 Å². The Bertz CT molecular complexity index is 537. The largest absolute Gasteiger partial charge is 0.489 e. The van der Waals surface area contributed by atoms with E-state index in [9.17, 15) is 5.11 Å². The standard InChI is InChI=1S/C16H19ClN2O2/c17-15-6-1-2-7-16(15)21-12-14(20)11-18-10-8-13-5-3-4-9-19-13/h1-7,9,14,18,20H,8,10-12H2. The van der Waals surface area contributed by atoms with E-state index in [2.05, 4.69) is 10.3 Å². The van der Waals surface area contributed by atoms with Crippen molar-refractivity contribution in [3.05, 3.63) is 59.4 Å². The first kappa shape index (κ1) is 15.8. The zero-order valence-corrected chi connectivity index (χ0v) is 12.5. The molecule has 0 spiro atoms. The van der Waals surface area contributed by atoms with Crippen molar-refractivity contribution in [3.63, 3.8) is 0 Å². The highest BCUT2D eigenvalue weighted by Crippen LogP contribution is 2.22. The van der Waals surface area contributed by atoms with Gasteiger partial charge in [-0.3, -0.25) is 4.98 Å². The van der Waals surface area contributed by atoms with Crippen molar-refractivity contribution in [2.75, 3.05) is 19.7 Å². The second-order valence-corrected chi connectivity index (χ2v) is 5.08. The second kappa shape index (κ2) is 8.62. The molecule has 2 N–H and O–H groups in total. The van der Waals surface area contributed by atoms with E-state index in [0.29, 0.717) is 17.3 Å². The Kier molecular flexibility index (Phi) is 6.47. The SMILES string of the molecule is OC(CNCCc1ccccn1)COc1ccccc1Cl. The first-order valence-corrected chi connectivity index (χ1v) is 7.29. The minimum absolute atomic E-state index is 0.209. The fourth-order valence-corrected chi connectivity index (χ4v) is 2.03. The van der Waals surface area contributed by atoms with Gasteiger partial charge in [-0.05, 0) is 24.3 Å². The van der Waals surface area contributed by atoms with Crippen molar-refractivity contribution >= 4 is 11.6 Å². The van der Waals surface area contributed by atoms with E-state index < -0.39 is 6.10 Å². The first-order valence-electron chi connectivity index (χ1n) is 6.91. The lowest BCUT2D eigenvalue weighted by molar-refractivity contribution is 0.107. The zero-order valence-electron chi connectivity index (χ0n) is 11.7. The summed E-state index contributed by atoms with van der Waals surface area (Å²) in [6.07, 6.45) is 2.03. The molecule has 2 rings (SSSR count). The quantitative estimate of drug-likeness (QED) is 0.735. The predicted molar refractivity (Wildman–Crippen MR) is 83.8 cm³/mol. The first-order chi connectivity index (χ1) is 10.3. The molecule has 112 valence electrons. The minimum Gasteiger partial charge on any atom is -0.489 e. The summed E-state index contributed by atoms with van der Waals surface area (Å²) >= 11 is 5.97. The van der Waals surface area contributed by atoms with Crippen molar-refractivity contribution < 1.29 is 9.84 Å². The van der Waals surface area contributed by atoms with Crippen LogP contribution in [0.2, 0.25) is 5.02 Å². The zero-order chi connectivity index (χ0) is 14.9. The molecule has 0 aliphatic carbocycles. The van der Waals surface area contributed by atoms with Gasteiger partial charge in [0.05, 0.1) is 5.02 Å². The number of halogens is 1. The number of nitrogens with zero attached hydrogens (tertiary/aromatic N) is 1. The molecule has 5 heteroatoms. The number of benzene rings is 1. The molecular formula is C16H19ClN2O2. The summed E-state index contributed by atoms with van der Waals surface area (Å²) in [6, 6.07) is 13.1. The van der Waals surface area contributed by atoms with Gasteiger partial charge in [0.1, 0.15) is 18.5 Å². The van der Waals surface area contributed by atoms with Gasteiger partial charge >= 0.3 is 0 Å². The molecule has 4 nitrogen and oxygen atoms in total. The van der Waals surface area contributed by atoms with Gasteiger partial charge < -0.3 is 15.2 Å². The summed E-state index contributed by atoms with van der Waals surface area (Å²) < 4.78 is 5.48.